The molecule has 16 heavy (non-hydrogen) atoms. The summed E-state index contributed by atoms with van der Waals surface area (Å²) in [4.78, 5) is 15.7. The van der Waals surface area contributed by atoms with E-state index in [1.54, 1.807) is 11.7 Å². The van der Waals surface area contributed by atoms with Crippen molar-refractivity contribution in [3.8, 4) is 0 Å². The number of ether oxygens (including phenoxy) is 1. The van der Waals surface area contributed by atoms with Gasteiger partial charge in [-0.15, -0.1) is 0 Å². The zero-order chi connectivity index (χ0) is 11.5. The lowest BCUT2D eigenvalue weighted by Gasteiger charge is -2.29. The molecule has 0 N–H and O–H groups in total. The Bertz CT molecular complexity index is 419. The lowest BCUT2D eigenvalue weighted by atomic mass is 9.92. The number of halogens is 1. The van der Waals surface area contributed by atoms with Gasteiger partial charge in [-0.2, -0.15) is 0 Å². The topological polar surface area (TPSA) is 44.1 Å². The second-order valence-corrected chi connectivity index (χ2v) is 4.52. The predicted octanol–water partition coefficient (Wildman–Crippen LogP) is 2.03. The average molecular weight is 243 g/mol. The molecular weight excluding hydrogens is 228 g/mol. The van der Waals surface area contributed by atoms with Gasteiger partial charge in [-0.25, -0.2) is 4.98 Å². The fourth-order valence-corrected chi connectivity index (χ4v) is 2.39. The third-order valence-electron chi connectivity index (χ3n) is 3.13. The molecule has 4 nitrogen and oxygen atoms in total. The van der Waals surface area contributed by atoms with Crippen molar-refractivity contribution in [2.24, 2.45) is 0 Å². The molecule has 0 aromatic carbocycles. The second kappa shape index (κ2) is 4.97. The van der Waals surface area contributed by atoms with Crippen molar-refractivity contribution in [2.45, 2.75) is 37.8 Å². The minimum Gasteiger partial charge on any atom is -0.381 e. The molecule has 1 saturated carbocycles. The molecule has 5 heteroatoms. The SMILES string of the molecule is COC1CCCC(n2cnc(Cl)cc2=O)C1. The first-order valence-corrected chi connectivity index (χ1v) is 5.85. The fourth-order valence-electron chi connectivity index (χ4n) is 2.25. The summed E-state index contributed by atoms with van der Waals surface area (Å²) in [5, 5.41) is 0.250. The van der Waals surface area contributed by atoms with Crippen LogP contribution in [-0.2, 0) is 4.74 Å². The maximum atomic E-state index is 11.7. The first kappa shape index (κ1) is 11.6. The number of aromatic nitrogens is 2. The summed E-state index contributed by atoms with van der Waals surface area (Å²) >= 11 is 5.66. The largest absolute Gasteiger partial charge is 0.381 e. The number of hydrogen-bond donors (Lipinski definition) is 0. The van der Waals surface area contributed by atoms with Gasteiger partial charge in [0.05, 0.1) is 12.4 Å². The Morgan fingerprint density at radius 3 is 3.06 bits per heavy atom. The number of nitrogens with zero attached hydrogens (tertiary/aromatic N) is 2. The van der Waals surface area contributed by atoms with E-state index >= 15 is 0 Å². The molecule has 0 saturated heterocycles. The highest BCUT2D eigenvalue weighted by Crippen LogP contribution is 2.28. The number of methoxy groups -OCH3 is 1. The molecule has 1 aliphatic rings. The van der Waals surface area contributed by atoms with Crippen LogP contribution in [0.4, 0.5) is 0 Å². The van der Waals surface area contributed by atoms with E-state index in [-0.39, 0.29) is 22.9 Å². The third kappa shape index (κ3) is 2.44. The van der Waals surface area contributed by atoms with Crippen LogP contribution in [0, 0.1) is 0 Å². The van der Waals surface area contributed by atoms with Crippen molar-refractivity contribution in [2.75, 3.05) is 7.11 Å². The Morgan fingerprint density at radius 1 is 1.56 bits per heavy atom. The summed E-state index contributed by atoms with van der Waals surface area (Å²) in [5.74, 6) is 0. The lowest BCUT2D eigenvalue weighted by molar-refractivity contribution is 0.0522. The van der Waals surface area contributed by atoms with E-state index in [0.29, 0.717) is 0 Å². The van der Waals surface area contributed by atoms with Gasteiger partial charge in [-0.3, -0.25) is 9.36 Å². The van der Waals surface area contributed by atoms with Crippen molar-refractivity contribution in [1.29, 1.82) is 0 Å². The van der Waals surface area contributed by atoms with Gasteiger partial charge in [-0.05, 0) is 25.7 Å². The van der Waals surface area contributed by atoms with Crippen LogP contribution in [0.5, 0.6) is 0 Å². The molecule has 1 fully saturated rings. The first-order valence-electron chi connectivity index (χ1n) is 5.47. The molecule has 2 unspecified atom stereocenters. The standard InChI is InChI=1S/C11H15ClN2O2/c1-16-9-4-2-3-8(5-9)14-7-13-10(12)6-11(14)15/h6-9H,2-5H2,1H3. The highest BCUT2D eigenvalue weighted by Gasteiger charge is 2.23. The Balaban J connectivity index is 2.20. The molecule has 0 aliphatic heterocycles. The highest BCUT2D eigenvalue weighted by atomic mass is 35.5. The molecule has 0 amide bonds. The quantitative estimate of drug-likeness (QED) is 0.746. The summed E-state index contributed by atoms with van der Waals surface area (Å²) in [6, 6.07) is 1.55. The van der Waals surface area contributed by atoms with Crippen molar-refractivity contribution in [3.63, 3.8) is 0 Å². The molecular formula is C11H15ClN2O2. The van der Waals surface area contributed by atoms with Crippen LogP contribution in [-0.4, -0.2) is 22.8 Å². The molecule has 0 bridgehead atoms. The first-order chi connectivity index (χ1) is 7.70. The molecule has 2 atom stereocenters. The predicted molar refractivity (Wildman–Crippen MR) is 61.8 cm³/mol. The fraction of sp³-hybridized carbons (Fsp3) is 0.636. The Hall–Kier alpha value is -0.870. The van der Waals surface area contributed by atoms with Gasteiger partial charge in [-0.1, -0.05) is 11.6 Å². The minimum atomic E-state index is -0.0817. The van der Waals surface area contributed by atoms with Crippen LogP contribution in [0.3, 0.4) is 0 Å². The van der Waals surface area contributed by atoms with E-state index in [4.69, 9.17) is 16.3 Å². The van der Waals surface area contributed by atoms with Crippen LogP contribution >= 0.6 is 11.6 Å². The van der Waals surface area contributed by atoms with Gasteiger partial charge < -0.3 is 4.74 Å². The van der Waals surface area contributed by atoms with E-state index < -0.39 is 0 Å². The Labute approximate surface area is 99.2 Å². The molecule has 0 spiro atoms. The van der Waals surface area contributed by atoms with Crippen LogP contribution < -0.4 is 5.56 Å². The van der Waals surface area contributed by atoms with E-state index in [0.717, 1.165) is 25.7 Å². The second-order valence-electron chi connectivity index (χ2n) is 4.14. The van der Waals surface area contributed by atoms with E-state index in [2.05, 4.69) is 4.98 Å². The average Bonchev–Trinajstić information content (AvgIpc) is 2.29. The van der Waals surface area contributed by atoms with Crippen LogP contribution in [0.15, 0.2) is 17.2 Å². The number of hydrogen-bond acceptors (Lipinski definition) is 3. The van der Waals surface area contributed by atoms with Crippen molar-refractivity contribution in [3.05, 3.63) is 27.9 Å². The number of rotatable bonds is 2. The zero-order valence-electron chi connectivity index (χ0n) is 9.23. The minimum absolute atomic E-state index is 0.0817. The molecule has 1 aromatic heterocycles. The van der Waals surface area contributed by atoms with Gasteiger partial charge in [0, 0.05) is 19.2 Å². The maximum absolute atomic E-state index is 11.7. The molecule has 2 rings (SSSR count). The van der Waals surface area contributed by atoms with E-state index in [9.17, 15) is 4.79 Å². The van der Waals surface area contributed by atoms with Gasteiger partial charge >= 0.3 is 0 Å². The van der Waals surface area contributed by atoms with Crippen molar-refractivity contribution < 1.29 is 4.74 Å². The van der Waals surface area contributed by atoms with E-state index in [1.165, 1.54) is 12.4 Å². The zero-order valence-corrected chi connectivity index (χ0v) is 9.98. The monoisotopic (exact) mass is 242 g/mol. The summed E-state index contributed by atoms with van der Waals surface area (Å²) in [6.45, 7) is 0. The summed E-state index contributed by atoms with van der Waals surface area (Å²) in [6.07, 6.45) is 5.82. The normalized spacial score (nSPS) is 25.6. The summed E-state index contributed by atoms with van der Waals surface area (Å²) < 4.78 is 7.01. The lowest BCUT2D eigenvalue weighted by Crippen LogP contribution is -2.30. The van der Waals surface area contributed by atoms with Gasteiger partial charge in [0.2, 0.25) is 0 Å². The molecule has 0 radical (unpaired) electrons. The summed E-state index contributed by atoms with van der Waals surface area (Å²) in [5.41, 5.74) is -0.0817. The molecule has 1 aliphatic carbocycles. The van der Waals surface area contributed by atoms with Gasteiger partial charge in [0.25, 0.3) is 5.56 Å². The maximum Gasteiger partial charge on any atom is 0.255 e. The van der Waals surface area contributed by atoms with Crippen LogP contribution in [0.1, 0.15) is 31.7 Å². The molecule has 1 aromatic rings. The van der Waals surface area contributed by atoms with Crippen molar-refractivity contribution >= 4 is 11.6 Å². The van der Waals surface area contributed by atoms with Crippen LogP contribution in [0.25, 0.3) is 0 Å². The van der Waals surface area contributed by atoms with Gasteiger partial charge in [0.15, 0.2) is 0 Å². The Morgan fingerprint density at radius 2 is 2.38 bits per heavy atom. The Kier molecular flexibility index (Phi) is 3.61. The third-order valence-corrected chi connectivity index (χ3v) is 3.33. The van der Waals surface area contributed by atoms with Crippen molar-refractivity contribution in [1.82, 2.24) is 9.55 Å². The van der Waals surface area contributed by atoms with Gasteiger partial charge in [0.1, 0.15) is 5.15 Å². The van der Waals surface area contributed by atoms with E-state index in [1.807, 2.05) is 0 Å². The van der Waals surface area contributed by atoms with Crippen LogP contribution in [0.2, 0.25) is 5.15 Å². The summed E-state index contributed by atoms with van der Waals surface area (Å²) in [7, 11) is 1.72. The highest BCUT2D eigenvalue weighted by molar-refractivity contribution is 6.29. The smallest absolute Gasteiger partial charge is 0.255 e. The molecule has 1 heterocycles. The molecule has 88 valence electrons.